The number of phenols is 1. The predicted molar refractivity (Wildman–Crippen MR) is 115 cm³/mol. The van der Waals surface area contributed by atoms with Crippen molar-refractivity contribution in [2.24, 2.45) is 5.92 Å². The van der Waals surface area contributed by atoms with Crippen molar-refractivity contribution < 1.29 is 23.9 Å². The smallest absolute Gasteiger partial charge is 0.344 e. The van der Waals surface area contributed by atoms with E-state index in [1.807, 2.05) is 6.07 Å². The largest absolute Gasteiger partial charge is 0.507 e. The molecule has 6 nitrogen and oxygen atoms in total. The number of fused-ring (bicyclic) bond motifs is 1. The number of piperidine rings is 1. The van der Waals surface area contributed by atoms with Gasteiger partial charge in [-0.05, 0) is 48.7 Å². The first kappa shape index (κ1) is 20.3. The van der Waals surface area contributed by atoms with E-state index < -0.39 is 5.63 Å². The SMILES string of the molecule is COc1ccc(-c2cc3ccc(O)c(C[NH+]4CCC[C@H](C)C4)c3oc2=O)cc1OC. The first-order valence-electron chi connectivity index (χ1n) is 10.3. The highest BCUT2D eigenvalue weighted by atomic mass is 16.5. The lowest BCUT2D eigenvalue weighted by Gasteiger charge is -2.28. The number of rotatable bonds is 5. The molecule has 2 N–H and O–H groups in total. The summed E-state index contributed by atoms with van der Waals surface area (Å²) in [6.45, 7) is 5.03. The van der Waals surface area contributed by atoms with E-state index in [2.05, 4.69) is 6.92 Å². The van der Waals surface area contributed by atoms with Crippen LogP contribution in [0.3, 0.4) is 0 Å². The van der Waals surface area contributed by atoms with Crippen molar-refractivity contribution in [2.75, 3.05) is 27.3 Å². The second-order valence-electron chi connectivity index (χ2n) is 8.13. The standard InChI is InChI=1S/C24H27NO5/c1-15-5-4-10-25(13-15)14-19-20(26)8-6-17-11-18(24(27)30-23(17)19)16-7-9-21(28-2)22(12-16)29-3/h6-9,11-12,15,26H,4-5,10,13-14H2,1-3H3/p+1/t15-/m0/s1. The number of aromatic hydroxyl groups is 1. The average Bonchev–Trinajstić information content (AvgIpc) is 2.75. The zero-order valence-corrected chi connectivity index (χ0v) is 17.7. The van der Waals surface area contributed by atoms with E-state index in [1.54, 1.807) is 44.6 Å². The molecular weight excluding hydrogens is 382 g/mol. The highest BCUT2D eigenvalue weighted by molar-refractivity contribution is 5.86. The quantitative estimate of drug-likeness (QED) is 0.633. The lowest BCUT2D eigenvalue weighted by Crippen LogP contribution is -3.12. The maximum absolute atomic E-state index is 12.9. The van der Waals surface area contributed by atoms with Gasteiger partial charge in [0.2, 0.25) is 0 Å². The van der Waals surface area contributed by atoms with Crippen molar-refractivity contribution in [2.45, 2.75) is 26.3 Å². The Bertz CT molecular complexity index is 1120. The number of hydrogen-bond donors (Lipinski definition) is 2. The highest BCUT2D eigenvalue weighted by Gasteiger charge is 2.23. The molecule has 1 unspecified atom stereocenters. The fourth-order valence-corrected chi connectivity index (χ4v) is 4.42. The number of ether oxygens (including phenoxy) is 2. The van der Waals surface area contributed by atoms with Crippen LogP contribution in [0.4, 0.5) is 0 Å². The monoisotopic (exact) mass is 410 g/mol. The second kappa shape index (κ2) is 8.40. The summed E-state index contributed by atoms with van der Waals surface area (Å²) >= 11 is 0. The Kier molecular flexibility index (Phi) is 5.68. The van der Waals surface area contributed by atoms with Gasteiger partial charge in [0.15, 0.2) is 17.1 Å². The number of likely N-dealkylation sites (tertiary alicyclic amines) is 1. The van der Waals surface area contributed by atoms with E-state index >= 15 is 0 Å². The Morgan fingerprint density at radius 2 is 1.93 bits per heavy atom. The molecule has 0 amide bonds. The minimum absolute atomic E-state index is 0.176. The molecule has 30 heavy (non-hydrogen) atoms. The lowest BCUT2D eigenvalue weighted by molar-refractivity contribution is -0.922. The molecule has 3 aromatic rings. The lowest BCUT2D eigenvalue weighted by atomic mass is 9.99. The molecule has 0 saturated carbocycles. The molecule has 2 aromatic carbocycles. The van der Waals surface area contributed by atoms with Gasteiger partial charge in [-0.3, -0.25) is 0 Å². The summed E-state index contributed by atoms with van der Waals surface area (Å²) in [5.41, 5.74) is 1.86. The second-order valence-corrected chi connectivity index (χ2v) is 8.13. The summed E-state index contributed by atoms with van der Waals surface area (Å²) in [5.74, 6) is 1.98. The molecule has 1 saturated heterocycles. The topological polar surface area (TPSA) is 73.3 Å². The van der Waals surface area contributed by atoms with Gasteiger partial charge in [0.05, 0.1) is 38.4 Å². The van der Waals surface area contributed by atoms with Gasteiger partial charge in [-0.2, -0.15) is 0 Å². The summed E-state index contributed by atoms with van der Waals surface area (Å²) in [4.78, 5) is 14.3. The number of nitrogens with one attached hydrogen (secondary N) is 1. The molecule has 158 valence electrons. The highest BCUT2D eigenvalue weighted by Crippen LogP contribution is 2.33. The average molecular weight is 410 g/mol. The first-order valence-corrected chi connectivity index (χ1v) is 10.3. The van der Waals surface area contributed by atoms with E-state index in [9.17, 15) is 9.90 Å². The fourth-order valence-electron chi connectivity index (χ4n) is 4.42. The van der Waals surface area contributed by atoms with Crippen LogP contribution in [0, 0.1) is 5.92 Å². The van der Waals surface area contributed by atoms with Crippen LogP contribution in [0.1, 0.15) is 25.3 Å². The molecule has 0 aliphatic carbocycles. The van der Waals surface area contributed by atoms with Gasteiger partial charge >= 0.3 is 5.63 Å². The van der Waals surface area contributed by atoms with E-state index in [1.165, 1.54) is 17.7 Å². The minimum atomic E-state index is -0.441. The van der Waals surface area contributed by atoms with Crippen LogP contribution in [-0.2, 0) is 6.54 Å². The van der Waals surface area contributed by atoms with Crippen molar-refractivity contribution in [3.63, 3.8) is 0 Å². The van der Waals surface area contributed by atoms with Crippen LogP contribution in [-0.4, -0.2) is 32.4 Å². The molecule has 1 aliphatic rings. The molecule has 1 fully saturated rings. The third-order valence-corrected chi connectivity index (χ3v) is 5.97. The molecule has 0 radical (unpaired) electrons. The van der Waals surface area contributed by atoms with Gasteiger partial charge in [0, 0.05) is 11.3 Å². The molecule has 6 heteroatoms. The Hall–Kier alpha value is -2.99. The number of benzene rings is 2. The molecule has 0 spiro atoms. The van der Waals surface area contributed by atoms with Gasteiger partial charge in [-0.1, -0.05) is 13.0 Å². The Morgan fingerprint density at radius 3 is 2.67 bits per heavy atom. The van der Waals surface area contributed by atoms with Gasteiger partial charge in [0.25, 0.3) is 0 Å². The normalized spacial score (nSPS) is 19.0. The van der Waals surface area contributed by atoms with Crippen molar-refractivity contribution in [3.8, 4) is 28.4 Å². The summed E-state index contributed by atoms with van der Waals surface area (Å²) in [6, 6.07) is 10.6. The molecule has 1 aliphatic heterocycles. The van der Waals surface area contributed by atoms with Crippen LogP contribution in [0.15, 0.2) is 45.6 Å². The zero-order chi connectivity index (χ0) is 21.3. The van der Waals surface area contributed by atoms with Crippen LogP contribution >= 0.6 is 0 Å². The zero-order valence-electron chi connectivity index (χ0n) is 17.7. The molecule has 0 bridgehead atoms. The van der Waals surface area contributed by atoms with E-state index in [4.69, 9.17) is 13.9 Å². The first-order chi connectivity index (χ1) is 14.5. The van der Waals surface area contributed by atoms with Crippen molar-refractivity contribution in [1.29, 1.82) is 0 Å². The Balaban J connectivity index is 1.76. The third kappa shape index (κ3) is 3.87. The number of phenolic OH excluding ortho intramolecular Hbond substituents is 1. The van der Waals surface area contributed by atoms with Gasteiger partial charge < -0.3 is 23.9 Å². The van der Waals surface area contributed by atoms with Crippen LogP contribution in [0.25, 0.3) is 22.1 Å². The molecule has 2 heterocycles. The number of hydrogen-bond acceptors (Lipinski definition) is 5. The minimum Gasteiger partial charge on any atom is -0.507 e. The van der Waals surface area contributed by atoms with E-state index in [0.29, 0.717) is 46.2 Å². The van der Waals surface area contributed by atoms with Crippen LogP contribution < -0.4 is 20.0 Å². The molecule has 4 rings (SSSR count). The van der Waals surface area contributed by atoms with Crippen LogP contribution in [0.5, 0.6) is 17.2 Å². The Morgan fingerprint density at radius 1 is 1.13 bits per heavy atom. The predicted octanol–water partition coefficient (Wildman–Crippen LogP) is 3.00. The van der Waals surface area contributed by atoms with E-state index in [-0.39, 0.29) is 5.75 Å². The number of methoxy groups -OCH3 is 2. The fraction of sp³-hybridized carbons (Fsp3) is 0.375. The number of quaternary nitrogens is 1. The van der Waals surface area contributed by atoms with Gasteiger partial charge in [-0.15, -0.1) is 0 Å². The summed E-state index contributed by atoms with van der Waals surface area (Å²) in [5, 5.41) is 11.3. The summed E-state index contributed by atoms with van der Waals surface area (Å²) in [7, 11) is 3.13. The van der Waals surface area contributed by atoms with Crippen molar-refractivity contribution in [3.05, 3.63) is 52.4 Å². The molecule has 1 aromatic heterocycles. The maximum Gasteiger partial charge on any atom is 0.344 e. The Labute approximate surface area is 175 Å². The van der Waals surface area contributed by atoms with E-state index in [0.717, 1.165) is 18.5 Å². The molecule has 2 atom stereocenters. The summed E-state index contributed by atoms with van der Waals surface area (Å²) < 4.78 is 16.4. The van der Waals surface area contributed by atoms with Crippen molar-refractivity contribution in [1.82, 2.24) is 0 Å². The van der Waals surface area contributed by atoms with Crippen LogP contribution in [0.2, 0.25) is 0 Å². The molecular formula is C24H28NO5+. The maximum atomic E-state index is 12.9. The third-order valence-electron chi connectivity index (χ3n) is 5.97. The van der Waals surface area contributed by atoms with Gasteiger partial charge in [-0.25, -0.2) is 4.79 Å². The summed E-state index contributed by atoms with van der Waals surface area (Å²) in [6.07, 6.45) is 2.42. The van der Waals surface area contributed by atoms with Crippen molar-refractivity contribution >= 4 is 11.0 Å². The van der Waals surface area contributed by atoms with Gasteiger partial charge in [0.1, 0.15) is 12.3 Å².